The molecule has 0 bridgehead atoms. The molecule has 0 fully saturated rings. The van der Waals surface area contributed by atoms with E-state index in [9.17, 15) is 9.18 Å². The second-order valence-electron chi connectivity index (χ2n) is 9.76. The number of carbonyl (C=O) groups is 1. The van der Waals surface area contributed by atoms with Gasteiger partial charge in [-0.3, -0.25) is 15.0 Å². The van der Waals surface area contributed by atoms with E-state index in [0.29, 0.717) is 30.9 Å². The fourth-order valence-corrected chi connectivity index (χ4v) is 4.92. The summed E-state index contributed by atoms with van der Waals surface area (Å²) in [5, 5.41) is 10.9. The topological polar surface area (TPSA) is 86.4 Å². The molecule has 2 aromatic heterocycles. The molecule has 2 atom stereocenters. The molecule has 2 amide bonds. The maximum Gasteiger partial charge on any atom is 0.317 e. The van der Waals surface area contributed by atoms with Crippen LogP contribution in [0.1, 0.15) is 49.7 Å². The number of nitrogens with one attached hydrogen (secondary N) is 2. The minimum Gasteiger partial charge on any atom is -0.496 e. The number of aryl methyl sites for hydroxylation is 1. The van der Waals surface area contributed by atoms with Crippen molar-refractivity contribution < 1.29 is 13.9 Å². The summed E-state index contributed by atoms with van der Waals surface area (Å²) in [6.07, 6.45) is 3.41. The van der Waals surface area contributed by atoms with Gasteiger partial charge in [0.2, 0.25) is 0 Å². The van der Waals surface area contributed by atoms with Gasteiger partial charge in [0.05, 0.1) is 19.3 Å². The van der Waals surface area contributed by atoms with Crippen LogP contribution in [0.25, 0.3) is 11.3 Å². The lowest BCUT2D eigenvalue weighted by Crippen LogP contribution is -2.53. The normalized spacial score (nSPS) is 14.8. The summed E-state index contributed by atoms with van der Waals surface area (Å²) in [5.74, 6) is 0.253. The summed E-state index contributed by atoms with van der Waals surface area (Å²) in [6.45, 7) is 10.4. The van der Waals surface area contributed by atoms with Gasteiger partial charge in [0, 0.05) is 65.9 Å². The lowest BCUT2D eigenvalue weighted by Gasteiger charge is -2.35. The zero-order valence-electron chi connectivity index (χ0n) is 22.3. The molecule has 2 N–H and O–H groups in total. The number of carbonyl (C=O) groups excluding carboxylic acids is 1. The number of amides is 2. The Bertz CT molecular complexity index is 1230. The standard InChI is InChI=1S/C28H37FN6O2/c1-6-13-34(16-22-24(29)8-7-9-26(22)37-5)20(4)19(3)31-28(36)35-14-11-25-23(17-35)27(33-32-25)21-10-12-30-18(2)15-21/h7-10,12,15,19-20H,6,11,13-14,16-17H2,1-5H3,(H,31,36)(H,32,33). The molecule has 0 saturated heterocycles. The summed E-state index contributed by atoms with van der Waals surface area (Å²) in [7, 11) is 1.56. The number of nitrogens with zero attached hydrogens (tertiary/aromatic N) is 4. The molecule has 0 saturated carbocycles. The Morgan fingerprint density at radius 2 is 2.14 bits per heavy atom. The van der Waals surface area contributed by atoms with Gasteiger partial charge in [-0.15, -0.1) is 0 Å². The van der Waals surface area contributed by atoms with Crippen LogP contribution in [0.2, 0.25) is 0 Å². The lowest BCUT2D eigenvalue weighted by molar-refractivity contribution is 0.150. The van der Waals surface area contributed by atoms with Crippen molar-refractivity contribution in [3.8, 4) is 17.0 Å². The van der Waals surface area contributed by atoms with Crippen molar-refractivity contribution in [1.29, 1.82) is 0 Å². The van der Waals surface area contributed by atoms with E-state index in [2.05, 4.69) is 39.2 Å². The average Bonchev–Trinajstić information content (AvgIpc) is 3.32. The molecule has 198 valence electrons. The largest absolute Gasteiger partial charge is 0.496 e. The molecule has 8 nitrogen and oxygen atoms in total. The van der Waals surface area contributed by atoms with E-state index in [4.69, 9.17) is 4.74 Å². The zero-order chi connectivity index (χ0) is 26.5. The van der Waals surface area contributed by atoms with Crippen molar-refractivity contribution >= 4 is 6.03 Å². The third-order valence-corrected chi connectivity index (χ3v) is 7.21. The number of halogens is 1. The van der Waals surface area contributed by atoms with Crippen LogP contribution in [0.3, 0.4) is 0 Å². The van der Waals surface area contributed by atoms with Gasteiger partial charge >= 0.3 is 6.03 Å². The molecular formula is C28H37FN6O2. The van der Waals surface area contributed by atoms with Crippen LogP contribution in [0.15, 0.2) is 36.5 Å². The number of pyridine rings is 1. The molecule has 0 spiro atoms. The van der Waals surface area contributed by atoms with Gasteiger partial charge < -0.3 is 15.0 Å². The van der Waals surface area contributed by atoms with Gasteiger partial charge in [-0.25, -0.2) is 9.18 Å². The Balaban J connectivity index is 1.44. The van der Waals surface area contributed by atoms with Crippen molar-refractivity contribution in [2.75, 3.05) is 20.2 Å². The first-order valence-corrected chi connectivity index (χ1v) is 12.9. The summed E-state index contributed by atoms with van der Waals surface area (Å²) < 4.78 is 20.0. The lowest BCUT2D eigenvalue weighted by atomic mass is 10.0. The Morgan fingerprint density at radius 1 is 1.32 bits per heavy atom. The summed E-state index contributed by atoms with van der Waals surface area (Å²) in [5.41, 5.74) is 5.44. The first-order chi connectivity index (χ1) is 17.8. The van der Waals surface area contributed by atoms with Gasteiger partial charge in [0.25, 0.3) is 0 Å². The third kappa shape index (κ3) is 5.93. The van der Waals surface area contributed by atoms with Gasteiger partial charge in [-0.05, 0) is 58.0 Å². The molecule has 2 unspecified atom stereocenters. The number of ether oxygens (including phenoxy) is 1. The second kappa shape index (κ2) is 11.7. The molecule has 9 heteroatoms. The molecule has 3 aromatic rings. The number of aromatic nitrogens is 3. The second-order valence-corrected chi connectivity index (χ2v) is 9.76. The summed E-state index contributed by atoms with van der Waals surface area (Å²) >= 11 is 0. The van der Waals surface area contributed by atoms with Crippen molar-refractivity contribution in [2.24, 2.45) is 0 Å². The number of rotatable bonds is 9. The quantitative estimate of drug-likeness (QED) is 0.438. The minimum atomic E-state index is -0.284. The first kappa shape index (κ1) is 26.6. The van der Waals surface area contributed by atoms with Crippen molar-refractivity contribution in [2.45, 2.75) is 65.7 Å². The molecule has 1 aliphatic heterocycles. The number of H-pyrrole nitrogens is 1. The van der Waals surface area contributed by atoms with E-state index in [-0.39, 0.29) is 23.9 Å². The van der Waals surface area contributed by atoms with E-state index in [0.717, 1.165) is 47.6 Å². The summed E-state index contributed by atoms with van der Waals surface area (Å²) in [4.78, 5) is 21.6. The highest BCUT2D eigenvalue weighted by molar-refractivity contribution is 5.76. The number of hydrogen-bond donors (Lipinski definition) is 2. The van der Waals surface area contributed by atoms with Crippen molar-refractivity contribution in [3.63, 3.8) is 0 Å². The molecule has 4 rings (SSSR count). The fourth-order valence-electron chi connectivity index (χ4n) is 4.92. The number of aromatic amines is 1. The van der Waals surface area contributed by atoms with Crippen LogP contribution in [-0.2, 0) is 19.5 Å². The highest BCUT2D eigenvalue weighted by Crippen LogP contribution is 2.29. The van der Waals surface area contributed by atoms with Crippen molar-refractivity contribution in [3.05, 3.63) is 64.9 Å². The Hall–Kier alpha value is -3.46. The van der Waals surface area contributed by atoms with Gasteiger partial charge in [-0.1, -0.05) is 13.0 Å². The van der Waals surface area contributed by atoms with E-state index in [1.807, 2.05) is 30.9 Å². The molecule has 0 aliphatic carbocycles. The molecule has 37 heavy (non-hydrogen) atoms. The van der Waals surface area contributed by atoms with Gasteiger partial charge in [-0.2, -0.15) is 5.10 Å². The third-order valence-electron chi connectivity index (χ3n) is 7.21. The average molecular weight is 509 g/mol. The predicted molar refractivity (Wildman–Crippen MR) is 142 cm³/mol. The number of benzene rings is 1. The number of urea groups is 1. The smallest absolute Gasteiger partial charge is 0.317 e. The van der Waals surface area contributed by atoms with E-state index < -0.39 is 0 Å². The van der Waals surface area contributed by atoms with Crippen LogP contribution in [0, 0.1) is 12.7 Å². The van der Waals surface area contributed by atoms with E-state index >= 15 is 0 Å². The maximum absolute atomic E-state index is 14.6. The van der Waals surface area contributed by atoms with Gasteiger partial charge in [0.1, 0.15) is 11.6 Å². The fraction of sp³-hybridized carbons (Fsp3) is 0.464. The zero-order valence-corrected chi connectivity index (χ0v) is 22.3. The Kier molecular flexibility index (Phi) is 8.43. The SMILES string of the molecule is CCCN(Cc1c(F)cccc1OC)C(C)C(C)NC(=O)N1CCc2[nH]nc(-c3ccnc(C)c3)c2C1. The van der Waals surface area contributed by atoms with Crippen LogP contribution >= 0.6 is 0 Å². The molecular weight excluding hydrogens is 471 g/mol. The van der Waals surface area contributed by atoms with Gasteiger partial charge in [0.15, 0.2) is 0 Å². The first-order valence-electron chi connectivity index (χ1n) is 12.9. The maximum atomic E-state index is 14.6. The predicted octanol–water partition coefficient (Wildman–Crippen LogP) is 4.68. The molecule has 1 aromatic carbocycles. The van der Waals surface area contributed by atoms with E-state index in [1.165, 1.54) is 6.07 Å². The number of hydrogen-bond acceptors (Lipinski definition) is 5. The van der Waals surface area contributed by atoms with Crippen LogP contribution in [0.5, 0.6) is 5.75 Å². The van der Waals surface area contributed by atoms with Crippen molar-refractivity contribution in [1.82, 2.24) is 30.3 Å². The Morgan fingerprint density at radius 3 is 2.86 bits per heavy atom. The Labute approximate surface area is 218 Å². The van der Waals surface area contributed by atoms with Crippen LogP contribution in [0.4, 0.5) is 9.18 Å². The number of methoxy groups -OCH3 is 1. The minimum absolute atomic E-state index is 0.0159. The molecule has 3 heterocycles. The van der Waals surface area contributed by atoms with Crippen LogP contribution in [-0.4, -0.2) is 63.3 Å². The molecule has 0 radical (unpaired) electrons. The van der Waals surface area contributed by atoms with Crippen LogP contribution < -0.4 is 10.1 Å². The molecule has 1 aliphatic rings. The van der Waals surface area contributed by atoms with E-state index in [1.54, 1.807) is 25.4 Å². The summed E-state index contributed by atoms with van der Waals surface area (Å²) in [6, 6.07) is 8.57. The number of fused-ring (bicyclic) bond motifs is 1. The highest BCUT2D eigenvalue weighted by Gasteiger charge is 2.29. The highest BCUT2D eigenvalue weighted by atomic mass is 19.1. The monoisotopic (exact) mass is 508 g/mol.